The van der Waals surface area contributed by atoms with Gasteiger partial charge in [-0.3, -0.25) is 4.79 Å². The van der Waals surface area contributed by atoms with E-state index in [0.29, 0.717) is 24.7 Å². The maximum Gasteiger partial charge on any atom is 0.222 e. The minimum absolute atomic E-state index is 0.205. The molecule has 2 aliphatic carbocycles. The fourth-order valence-corrected chi connectivity index (χ4v) is 5.02. The molecule has 1 saturated carbocycles. The van der Waals surface area contributed by atoms with Gasteiger partial charge in [0.15, 0.2) is 0 Å². The highest BCUT2D eigenvalue weighted by atomic mass is 16.3. The molecule has 0 radical (unpaired) electrons. The number of hydrogen-bond acceptors (Lipinski definition) is 3. The van der Waals surface area contributed by atoms with E-state index in [0.717, 1.165) is 57.8 Å². The first-order valence-electron chi connectivity index (χ1n) is 11.8. The SMILES string of the molecule is CCCC[C@@](O)(CC)CC=C[C@@H]1[C@H]2CC(CCCCC(=O)N(C)C)=C[C@H]2C[C@H]1O. The molecule has 1 amide bonds. The zero-order valence-corrected chi connectivity index (χ0v) is 19.1. The van der Waals surface area contributed by atoms with E-state index in [1.807, 2.05) is 14.1 Å². The lowest BCUT2D eigenvalue weighted by Crippen LogP contribution is -2.27. The van der Waals surface area contributed by atoms with Crippen LogP contribution in [0.4, 0.5) is 0 Å². The number of unbranched alkanes of at least 4 members (excludes halogenated alkanes) is 2. The van der Waals surface area contributed by atoms with Crippen molar-refractivity contribution >= 4 is 5.91 Å². The van der Waals surface area contributed by atoms with Gasteiger partial charge in [-0.25, -0.2) is 0 Å². The van der Waals surface area contributed by atoms with E-state index in [1.165, 1.54) is 5.57 Å². The van der Waals surface area contributed by atoms with Crippen molar-refractivity contribution < 1.29 is 15.0 Å². The first kappa shape index (κ1) is 24.1. The summed E-state index contributed by atoms with van der Waals surface area (Å²) in [6, 6.07) is 0. The number of nitrogens with zero attached hydrogens (tertiary/aromatic N) is 1. The van der Waals surface area contributed by atoms with Crippen molar-refractivity contribution in [2.24, 2.45) is 17.8 Å². The average molecular weight is 406 g/mol. The molecule has 2 aliphatic rings. The molecule has 4 nitrogen and oxygen atoms in total. The standard InChI is InChI=1S/C25H43NO3/c1-5-7-14-25(29,6-2)15-10-12-21-22-17-19(16-20(22)18-23(21)27)11-8-9-13-24(28)26(3)4/h10,12,16,20-23,27,29H,5-9,11,13-15,17-18H2,1-4H3/t20-,21+,22-,23+,25-/m0/s1. The highest BCUT2D eigenvalue weighted by Gasteiger charge is 2.43. The quantitative estimate of drug-likeness (QED) is 0.360. The molecule has 2 rings (SSSR count). The van der Waals surface area contributed by atoms with Crippen LogP contribution in [-0.4, -0.2) is 46.8 Å². The molecule has 0 bridgehead atoms. The van der Waals surface area contributed by atoms with Crippen molar-refractivity contribution in [2.45, 2.75) is 96.2 Å². The van der Waals surface area contributed by atoms with Crippen LogP contribution in [0.3, 0.4) is 0 Å². The number of carbonyl (C=O) groups excluding carboxylic acids is 1. The Morgan fingerprint density at radius 1 is 1.28 bits per heavy atom. The molecular formula is C25H43NO3. The topological polar surface area (TPSA) is 60.8 Å². The van der Waals surface area contributed by atoms with Crippen molar-refractivity contribution in [3.05, 3.63) is 23.8 Å². The number of hydrogen-bond donors (Lipinski definition) is 2. The second-order valence-corrected chi connectivity index (χ2v) is 9.55. The Bertz CT molecular complexity index is 583. The highest BCUT2D eigenvalue weighted by molar-refractivity contribution is 5.75. The third kappa shape index (κ3) is 6.96. The number of rotatable bonds is 12. The summed E-state index contributed by atoms with van der Waals surface area (Å²) in [5.74, 6) is 1.41. The first-order chi connectivity index (χ1) is 13.8. The van der Waals surface area contributed by atoms with Gasteiger partial charge in [0.25, 0.3) is 0 Å². The van der Waals surface area contributed by atoms with Gasteiger partial charge in [-0.2, -0.15) is 0 Å². The van der Waals surface area contributed by atoms with E-state index in [-0.39, 0.29) is 17.9 Å². The van der Waals surface area contributed by atoms with Gasteiger partial charge in [-0.05, 0) is 63.2 Å². The molecule has 0 aromatic carbocycles. The van der Waals surface area contributed by atoms with E-state index in [9.17, 15) is 15.0 Å². The Morgan fingerprint density at radius 2 is 2.03 bits per heavy atom. The number of aliphatic hydroxyl groups is 2. The van der Waals surface area contributed by atoms with Crippen molar-refractivity contribution in [3.8, 4) is 0 Å². The van der Waals surface area contributed by atoms with Gasteiger partial charge < -0.3 is 15.1 Å². The summed E-state index contributed by atoms with van der Waals surface area (Å²) in [5.41, 5.74) is 0.911. The van der Waals surface area contributed by atoms with Crippen molar-refractivity contribution in [1.29, 1.82) is 0 Å². The molecule has 0 aromatic rings. The fraction of sp³-hybridized carbons (Fsp3) is 0.800. The largest absolute Gasteiger partial charge is 0.392 e. The van der Waals surface area contributed by atoms with Crippen molar-refractivity contribution in [1.82, 2.24) is 4.90 Å². The van der Waals surface area contributed by atoms with E-state index in [4.69, 9.17) is 0 Å². The van der Waals surface area contributed by atoms with E-state index >= 15 is 0 Å². The molecule has 0 aromatic heterocycles. The van der Waals surface area contributed by atoms with Gasteiger partial charge in [-0.1, -0.05) is 50.5 Å². The van der Waals surface area contributed by atoms with Crippen LogP contribution >= 0.6 is 0 Å². The summed E-state index contributed by atoms with van der Waals surface area (Å²) >= 11 is 0. The Morgan fingerprint density at radius 3 is 2.69 bits per heavy atom. The Balaban J connectivity index is 1.81. The molecule has 0 spiro atoms. The summed E-state index contributed by atoms with van der Waals surface area (Å²) in [7, 11) is 3.63. The predicted molar refractivity (Wildman–Crippen MR) is 119 cm³/mol. The van der Waals surface area contributed by atoms with Crippen LogP contribution in [-0.2, 0) is 4.79 Å². The second kappa shape index (κ2) is 11.3. The second-order valence-electron chi connectivity index (χ2n) is 9.55. The van der Waals surface area contributed by atoms with Crippen LogP contribution < -0.4 is 0 Å². The van der Waals surface area contributed by atoms with Gasteiger partial charge in [0.05, 0.1) is 11.7 Å². The summed E-state index contributed by atoms with van der Waals surface area (Å²) in [6.07, 6.45) is 16.6. The Kier molecular flexibility index (Phi) is 9.42. The molecule has 4 heteroatoms. The van der Waals surface area contributed by atoms with Crippen LogP contribution in [0.5, 0.6) is 0 Å². The lowest BCUT2D eigenvalue weighted by molar-refractivity contribution is -0.128. The first-order valence-corrected chi connectivity index (χ1v) is 11.8. The lowest BCUT2D eigenvalue weighted by atomic mass is 9.86. The predicted octanol–water partition coefficient (Wildman–Crippen LogP) is 4.86. The summed E-state index contributed by atoms with van der Waals surface area (Å²) in [6.45, 7) is 4.22. The maximum atomic E-state index is 11.7. The van der Waals surface area contributed by atoms with E-state index in [1.54, 1.807) is 4.90 Å². The van der Waals surface area contributed by atoms with Crippen LogP contribution in [0.2, 0.25) is 0 Å². The maximum absolute atomic E-state index is 11.7. The van der Waals surface area contributed by atoms with Gasteiger partial charge in [0.1, 0.15) is 0 Å². The lowest BCUT2D eigenvalue weighted by Gasteiger charge is -2.26. The fourth-order valence-electron chi connectivity index (χ4n) is 5.02. The monoisotopic (exact) mass is 405 g/mol. The Labute approximate surface area is 178 Å². The summed E-state index contributed by atoms with van der Waals surface area (Å²) in [4.78, 5) is 13.4. The van der Waals surface area contributed by atoms with Gasteiger partial charge >= 0.3 is 0 Å². The molecule has 0 aliphatic heterocycles. The van der Waals surface area contributed by atoms with Gasteiger partial charge in [-0.15, -0.1) is 0 Å². The zero-order valence-electron chi connectivity index (χ0n) is 19.1. The number of amides is 1. The third-order valence-electron chi connectivity index (χ3n) is 7.10. The molecule has 5 atom stereocenters. The molecule has 2 N–H and O–H groups in total. The van der Waals surface area contributed by atoms with E-state index in [2.05, 4.69) is 32.1 Å². The molecule has 166 valence electrons. The number of allylic oxidation sites excluding steroid dienone is 2. The molecule has 29 heavy (non-hydrogen) atoms. The van der Waals surface area contributed by atoms with Crippen LogP contribution in [0, 0.1) is 17.8 Å². The van der Waals surface area contributed by atoms with Crippen LogP contribution in [0.1, 0.15) is 84.5 Å². The van der Waals surface area contributed by atoms with Crippen LogP contribution in [0.15, 0.2) is 23.8 Å². The highest BCUT2D eigenvalue weighted by Crippen LogP contribution is 2.48. The number of aliphatic hydroxyl groups excluding tert-OH is 1. The molecule has 1 fully saturated rings. The van der Waals surface area contributed by atoms with Crippen molar-refractivity contribution in [2.75, 3.05) is 14.1 Å². The van der Waals surface area contributed by atoms with Crippen LogP contribution in [0.25, 0.3) is 0 Å². The third-order valence-corrected chi connectivity index (χ3v) is 7.10. The number of fused-ring (bicyclic) bond motifs is 1. The Hall–Kier alpha value is -1.13. The smallest absolute Gasteiger partial charge is 0.222 e. The summed E-state index contributed by atoms with van der Waals surface area (Å²) in [5, 5.41) is 21.3. The number of carbonyl (C=O) groups is 1. The minimum atomic E-state index is -0.599. The van der Waals surface area contributed by atoms with Gasteiger partial charge in [0, 0.05) is 26.4 Å². The minimum Gasteiger partial charge on any atom is -0.392 e. The van der Waals surface area contributed by atoms with Crippen molar-refractivity contribution in [3.63, 3.8) is 0 Å². The molecule has 0 heterocycles. The normalized spacial score (nSPS) is 28.4. The summed E-state index contributed by atoms with van der Waals surface area (Å²) < 4.78 is 0. The molecular weight excluding hydrogens is 362 g/mol. The van der Waals surface area contributed by atoms with Gasteiger partial charge in [0.2, 0.25) is 5.91 Å². The zero-order chi connectivity index (χ0) is 21.4. The average Bonchev–Trinajstić information content (AvgIpc) is 3.20. The molecule has 0 saturated heterocycles. The molecule has 0 unspecified atom stereocenters. The van der Waals surface area contributed by atoms with E-state index < -0.39 is 5.60 Å².